The van der Waals surface area contributed by atoms with E-state index in [2.05, 4.69) is 9.71 Å². The fourth-order valence-corrected chi connectivity index (χ4v) is 3.42. The van der Waals surface area contributed by atoms with Gasteiger partial charge in [0.15, 0.2) is 0 Å². The lowest BCUT2D eigenvalue weighted by atomic mass is 10.2. The summed E-state index contributed by atoms with van der Waals surface area (Å²) in [5, 5.41) is 0. The van der Waals surface area contributed by atoms with Crippen LogP contribution in [0.2, 0.25) is 0 Å². The fraction of sp³-hybridized carbons (Fsp3) is 0.118. The predicted molar refractivity (Wildman–Crippen MR) is 88.9 cm³/mol. The van der Waals surface area contributed by atoms with Crippen LogP contribution in [0.15, 0.2) is 64.4 Å². The number of benzene rings is 1. The summed E-state index contributed by atoms with van der Waals surface area (Å²) in [6, 6.07) is 8.61. The van der Waals surface area contributed by atoms with Crippen LogP contribution >= 0.6 is 0 Å². The van der Waals surface area contributed by atoms with Gasteiger partial charge in [-0.25, -0.2) is 17.5 Å². The Balaban J connectivity index is 1.75. The summed E-state index contributed by atoms with van der Waals surface area (Å²) < 4.78 is 50.6. The molecule has 0 aliphatic heterocycles. The largest absolute Gasteiger partial charge is 0.495 e. The number of nitrogens with one attached hydrogen (secondary N) is 1. The maximum Gasteiger partial charge on any atom is 0.244 e. The van der Waals surface area contributed by atoms with Gasteiger partial charge in [-0.3, -0.25) is 4.98 Å². The third kappa shape index (κ3) is 3.86. The molecule has 0 aliphatic rings. The van der Waals surface area contributed by atoms with Gasteiger partial charge in [0.2, 0.25) is 10.0 Å². The highest BCUT2D eigenvalue weighted by Crippen LogP contribution is 2.24. The first-order valence-electron chi connectivity index (χ1n) is 7.30. The number of aromatic nitrogens is 1. The van der Waals surface area contributed by atoms with Crippen molar-refractivity contribution >= 4 is 10.0 Å². The molecule has 0 saturated heterocycles. The first-order chi connectivity index (χ1) is 12.0. The van der Waals surface area contributed by atoms with E-state index in [0.717, 1.165) is 17.7 Å². The fourth-order valence-electron chi connectivity index (χ4n) is 2.23. The number of halogens is 1. The lowest BCUT2D eigenvalue weighted by Gasteiger charge is -2.11. The molecule has 1 aromatic carbocycles. The Hall–Kier alpha value is -2.71. The highest BCUT2D eigenvalue weighted by Gasteiger charge is 2.20. The number of methoxy groups -OCH3 is 1. The van der Waals surface area contributed by atoms with Crippen LogP contribution < -0.4 is 9.46 Å². The van der Waals surface area contributed by atoms with Gasteiger partial charge in [-0.1, -0.05) is 6.07 Å². The van der Waals surface area contributed by atoms with Crippen LogP contribution in [0.25, 0.3) is 11.3 Å². The smallest absolute Gasteiger partial charge is 0.244 e. The van der Waals surface area contributed by atoms with Gasteiger partial charge < -0.3 is 9.15 Å². The second-order valence-corrected chi connectivity index (χ2v) is 6.92. The maximum atomic E-state index is 13.4. The molecule has 0 atom stereocenters. The molecule has 6 nitrogen and oxygen atoms in total. The van der Waals surface area contributed by atoms with Gasteiger partial charge in [0.1, 0.15) is 16.5 Å². The third-order valence-electron chi connectivity index (χ3n) is 3.52. The molecule has 0 amide bonds. The van der Waals surface area contributed by atoms with E-state index in [1.807, 2.05) is 0 Å². The van der Waals surface area contributed by atoms with Crippen molar-refractivity contribution in [2.24, 2.45) is 0 Å². The standard InChI is InChI=1S/C17H15FN2O4S/c1-23-16-5-3-14(18)8-17(16)25(21,22)20-10-12-2-4-15(19-9-12)13-6-7-24-11-13/h2-9,11,20H,10H2,1H3. The molecule has 2 heterocycles. The SMILES string of the molecule is COc1ccc(F)cc1S(=O)(=O)NCc1ccc(-c2ccoc2)nc1. The number of sulfonamides is 1. The van der Waals surface area contributed by atoms with Crippen LogP contribution in [0.5, 0.6) is 5.75 Å². The van der Waals surface area contributed by atoms with E-state index in [-0.39, 0.29) is 17.2 Å². The quantitative estimate of drug-likeness (QED) is 0.729. The van der Waals surface area contributed by atoms with Gasteiger partial charge in [0.25, 0.3) is 0 Å². The Morgan fingerprint density at radius 1 is 1.24 bits per heavy atom. The molecular formula is C17H15FN2O4S. The van der Waals surface area contributed by atoms with Gasteiger partial charge in [-0.2, -0.15) is 0 Å². The van der Waals surface area contributed by atoms with Gasteiger partial charge in [-0.15, -0.1) is 0 Å². The predicted octanol–water partition coefficient (Wildman–Crippen LogP) is 2.97. The topological polar surface area (TPSA) is 81.4 Å². The molecule has 3 aromatic rings. The van der Waals surface area contributed by atoms with Gasteiger partial charge in [0, 0.05) is 18.3 Å². The Labute approximate surface area is 144 Å². The minimum absolute atomic E-state index is 0.0146. The second kappa shape index (κ2) is 7.04. The zero-order valence-corrected chi connectivity index (χ0v) is 14.1. The summed E-state index contributed by atoms with van der Waals surface area (Å²) >= 11 is 0. The highest BCUT2D eigenvalue weighted by molar-refractivity contribution is 7.89. The van der Waals surface area contributed by atoms with Crippen molar-refractivity contribution in [3.63, 3.8) is 0 Å². The lowest BCUT2D eigenvalue weighted by Crippen LogP contribution is -2.24. The maximum absolute atomic E-state index is 13.4. The summed E-state index contributed by atoms with van der Waals surface area (Å²) in [6.45, 7) is 0.0146. The minimum atomic E-state index is -3.93. The molecule has 3 rings (SSSR count). The number of pyridine rings is 1. The monoisotopic (exact) mass is 362 g/mol. The average molecular weight is 362 g/mol. The molecule has 25 heavy (non-hydrogen) atoms. The van der Waals surface area contributed by atoms with E-state index in [4.69, 9.17) is 9.15 Å². The summed E-state index contributed by atoms with van der Waals surface area (Å²) in [5.41, 5.74) is 2.20. The van der Waals surface area contributed by atoms with Crippen LogP contribution in [0, 0.1) is 5.82 Å². The van der Waals surface area contributed by atoms with E-state index in [1.165, 1.54) is 13.2 Å². The van der Waals surface area contributed by atoms with Crippen molar-refractivity contribution in [1.82, 2.24) is 9.71 Å². The molecule has 0 radical (unpaired) electrons. The van der Waals surface area contributed by atoms with E-state index in [0.29, 0.717) is 11.3 Å². The number of nitrogens with zero attached hydrogens (tertiary/aromatic N) is 1. The van der Waals surface area contributed by atoms with Gasteiger partial charge >= 0.3 is 0 Å². The Morgan fingerprint density at radius 2 is 2.08 bits per heavy atom. The molecule has 0 unspecified atom stereocenters. The molecule has 8 heteroatoms. The number of hydrogen-bond acceptors (Lipinski definition) is 5. The normalized spacial score (nSPS) is 11.4. The molecule has 2 aromatic heterocycles. The van der Waals surface area contributed by atoms with Crippen molar-refractivity contribution < 1.29 is 22.0 Å². The Bertz CT molecular complexity index is 955. The van der Waals surface area contributed by atoms with E-state index in [9.17, 15) is 12.8 Å². The average Bonchev–Trinajstić information content (AvgIpc) is 3.15. The van der Waals surface area contributed by atoms with Crippen molar-refractivity contribution in [3.05, 3.63) is 66.5 Å². The van der Waals surface area contributed by atoms with Crippen molar-refractivity contribution in [1.29, 1.82) is 0 Å². The first kappa shape index (κ1) is 17.1. The third-order valence-corrected chi connectivity index (χ3v) is 4.95. The zero-order valence-electron chi connectivity index (χ0n) is 13.3. The second-order valence-electron chi connectivity index (χ2n) is 5.18. The summed E-state index contributed by atoms with van der Waals surface area (Å²) in [5.74, 6) is -0.588. The summed E-state index contributed by atoms with van der Waals surface area (Å²) in [4.78, 5) is 4.01. The molecule has 0 saturated carbocycles. The summed E-state index contributed by atoms with van der Waals surface area (Å²) in [6.07, 6.45) is 4.68. The molecule has 0 fully saturated rings. The van der Waals surface area contributed by atoms with Crippen molar-refractivity contribution in [2.75, 3.05) is 7.11 Å². The molecule has 130 valence electrons. The molecule has 0 aliphatic carbocycles. The number of hydrogen-bond donors (Lipinski definition) is 1. The molecule has 1 N–H and O–H groups in total. The van der Waals surface area contributed by atoms with Crippen LogP contribution in [-0.2, 0) is 16.6 Å². The highest BCUT2D eigenvalue weighted by atomic mass is 32.2. The first-order valence-corrected chi connectivity index (χ1v) is 8.78. The summed E-state index contributed by atoms with van der Waals surface area (Å²) in [7, 11) is -2.61. The van der Waals surface area contributed by atoms with E-state index < -0.39 is 15.8 Å². The van der Waals surface area contributed by atoms with Crippen LogP contribution in [0.4, 0.5) is 4.39 Å². The van der Waals surface area contributed by atoms with Crippen LogP contribution in [0.1, 0.15) is 5.56 Å². The minimum Gasteiger partial charge on any atom is -0.495 e. The Kier molecular flexibility index (Phi) is 4.82. The van der Waals surface area contributed by atoms with Gasteiger partial charge in [0.05, 0.1) is 25.3 Å². The lowest BCUT2D eigenvalue weighted by molar-refractivity contribution is 0.400. The van der Waals surface area contributed by atoms with Gasteiger partial charge in [-0.05, 0) is 35.9 Å². The van der Waals surface area contributed by atoms with Crippen LogP contribution in [-0.4, -0.2) is 20.5 Å². The van der Waals surface area contributed by atoms with E-state index >= 15 is 0 Å². The number of furan rings is 1. The van der Waals surface area contributed by atoms with E-state index in [1.54, 1.807) is 36.9 Å². The molecule has 0 bridgehead atoms. The Morgan fingerprint density at radius 3 is 2.72 bits per heavy atom. The zero-order chi connectivity index (χ0) is 17.9. The molecule has 0 spiro atoms. The van der Waals surface area contributed by atoms with Crippen LogP contribution in [0.3, 0.4) is 0 Å². The molecular weight excluding hydrogens is 347 g/mol. The number of rotatable bonds is 6. The number of ether oxygens (including phenoxy) is 1. The van der Waals surface area contributed by atoms with Crippen molar-refractivity contribution in [3.8, 4) is 17.0 Å². The van der Waals surface area contributed by atoms with Crippen molar-refractivity contribution in [2.45, 2.75) is 11.4 Å².